The number of hydrogen-bond acceptors (Lipinski definition) is 7. The molecule has 0 saturated heterocycles. The van der Waals surface area contributed by atoms with Crippen LogP contribution < -0.4 is 9.47 Å². The van der Waals surface area contributed by atoms with Gasteiger partial charge < -0.3 is 18.8 Å². The average Bonchev–Trinajstić information content (AvgIpc) is 3.18. The van der Waals surface area contributed by atoms with Crippen LogP contribution in [-0.2, 0) is 16.1 Å². The summed E-state index contributed by atoms with van der Waals surface area (Å²) in [6.45, 7) is 4.41. The van der Waals surface area contributed by atoms with Gasteiger partial charge in [-0.1, -0.05) is 24.3 Å². The zero-order valence-corrected chi connectivity index (χ0v) is 20.0. The molecule has 0 amide bonds. The van der Waals surface area contributed by atoms with Gasteiger partial charge >= 0.3 is 5.97 Å². The number of ketones is 1. The van der Waals surface area contributed by atoms with E-state index in [9.17, 15) is 9.59 Å². The van der Waals surface area contributed by atoms with E-state index in [1.165, 1.54) is 12.2 Å². The maximum Gasteiger partial charge on any atom is 0.331 e. The van der Waals surface area contributed by atoms with Gasteiger partial charge in [-0.15, -0.1) is 0 Å². The lowest BCUT2D eigenvalue weighted by Crippen LogP contribution is -2.33. The van der Waals surface area contributed by atoms with Crippen molar-refractivity contribution in [1.82, 2.24) is 14.5 Å². The highest BCUT2D eigenvalue weighted by Gasteiger charge is 2.24. The van der Waals surface area contributed by atoms with Gasteiger partial charge in [0.15, 0.2) is 24.2 Å². The molecule has 0 fully saturated rings. The van der Waals surface area contributed by atoms with Crippen LogP contribution in [0.4, 0.5) is 0 Å². The fourth-order valence-electron chi connectivity index (χ4n) is 4.19. The number of carbonyl (C=O) groups excluding carboxylic acids is 2. The molecular weight excluding hydrogens is 458 g/mol. The number of carbonyl (C=O) groups is 2. The Labute approximate surface area is 208 Å². The summed E-state index contributed by atoms with van der Waals surface area (Å²) in [6.07, 6.45) is 4.15. The second-order valence-corrected chi connectivity index (χ2v) is 8.54. The number of fused-ring (bicyclic) bond motifs is 2. The number of nitrogens with zero attached hydrogens (tertiary/aromatic N) is 3. The average molecular weight is 484 g/mol. The number of aromatic nitrogens is 3. The van der Waals surface area contributed by atoms with Crippen molar-refractivity contribution >= 4 is 28.9 Å². The Bertz CT molecular complexity index is 1470. The molecule has 5 rings (SSSR count). The third kappa shape index (κ3) is 4.98. The molecule has 4 aromatic rings. The molecule has 1 aliphatic rings. The van der Waals surface area contributed by atoms with Crippen molar-refractivity contribution in [3.05, 3.63) is 89.5 Å². The highest BCUT2D eigenvalue weighted by molar-refractivity contribution is 6.00. The zero-order valence-electron chi connectivity index (χ0n) is 20.0. The summed E-state index contributed by atoms with van der Waals surface area (Å²) >= 11 is 0. The molecule has 2 aromatic carbocycles. The van der Waals surface area contributed by atoms with Crippen LogP contribution >= 0.6 is 0 Å². The molecule has 8 nitrogen and oxygen atoms in total. The number of benzene rings is 2. The SMILES string of the molecule is Cc1cc(C(=O)COC(=O)/C=C/c2cnc3ccccc3n2)c(C)n1CC1COc2ccccc2O1. The summed E-state index contributed by atoms with van der Waals surface area (Å²) in [7, 11) is 0. The molecule has 0 spiro atoms. The molecular formula is C28H25N3O5. The lowest BCUT2D eigenvalue weighted by molar-refractivity contribution is -0.136. The van der Waals surface area contributed by atoms with Crippen LogP contribution in [0.2, 0.25) is 0 Å². The van der Waals surface area contributed by atoms with Gasteiger partial charge in [0.05, 0.1) is 29.5 Å². The largest absolute Gasteiger partial charge is 0.486 e. The number of rotatable bonds is 7. The van der Waals surface area contributed by atoms with Crippen LogP contribution in [0, 0.1) is 13.8 Å². The van der Waals surface area contributed by atoms with Crippen molar-refractivity contribution < 1.29 is 23.8 Å². The van der Waals surface area contributed by atoms with E-state index in [1.54, 1.807) is 6.20 Å². The summed E-state index contributed by atoms with van der Waals surface area (Å²) in [5.74, 6) is 0.544. The standard InChI is InChI=1S/C28H25N3O5/c1-18-13-22(19(2)31(18)15-21-16-34-26-9-5-6-10-27(26)36-21)25(32)17-35-28(33)12-11-20-14-29-23-7-3-4-8-24(23)30-20/h3-14,21H,15-17H2,1-2H3/b12-11+. The highest BCUT2D eigenvalue weighted by Crippen LogP contribution is 2.31. The molecule has 2 aromatic heterocycles. The second kappa shape index (κ2) is 10.0. The Morgan fingerprint density at radius 3 is 2.67 bits per heavy atom. The zero-order chi connectivity index (χ0) is 25.1. The topological polar surface area (TPSA) is 92.5 Å². The monoisotopic (exact) mass is 483 g/mol. The van der Waals surface area contributed by atoms with E-state index >= 15 is 0 Å². The number of Topliss-reactive ketones (excluding diaryl/α,β-unsaturated/α-hetero) is 1. The van der Waals surface area contributed by atoms with E-state index in [2.05, 4.69) is 9.97 Å². The predicted molar refractivity (Wildman–Crippen MR) is 134 cm³/mol. The molecule has 1 aliphatic heterocycles. The second-order valence-electron chi connectivity index (χ2n) is 8.54. The number of hydrogen-bond donors (Lipinski definition) is 0. The van der Waals surface area contributed by atoms with E-state index in [0.717, 1.165) is 28.2 Å². The molecule has 36 heavy (non-hydrogen) atoms. The van der Waals surface area contributed by atoms with Gasteiger partial charge in [-0.3, -0.25) is 9.78 Å². The maximum atomic E-state index is 12.8. The minimum Gasteiger partial charge on any atom is -0.486 e. The van der Waals surface area contributed by atoms with Crippen molar-refractivity contribution in [3.8, 4) is 11.5 Å². The van der Waals surface area contributed by atoms with Gasteiger partial charge in [-0.05, 0) is 50.3 Å². The minimum absolute atomic E-state index is 0.186. The first-order valence-corrected chi connectivity index (χ1v) is 11.6. The summed E-state index contributed by atoms with van der Waals surface area (Å²) in [6, 6.07) is 16.8. The van der Waals surface area contributed by atoms with Crippen molar-refractivity contribution in [2.45, 2.75) is 26.5 Å². The Hall–Kier alpha value is -4.46. The quantitative estimate of drug-likeness (QED) is 0.219. The molecule has 0 N–H and O–H groups in total. The number of aryl methyl sites for hydroxylation is 1. The lowest BCUT2D eigenvalue weighted by atomic mass is 10.1. The Kier molecular flexibility index (Phi) is 6.49. The summed E-state index contributed by atoms with van der Waals surface area (Å²) in [5, 5.41) is 0. The molecule has 0 aliphatic carbocycles. The predicted octanol–water partition coefficient (Wildman–Crippen LogP) is 4.33. The first kappa shape index (κ1) is 23.3. The van der Waals surface area contributed by atoms with Gasteiger partial charge in [0, 0.05) is 23.0 Å². The van der Waals surface area contributed by atoms with Crippen molar-refractivity contribution in [2.75, 3.05) is 13.2 Å². The Balaban J connectivity index is 1.19. The van der Waals surface area contributed by atoms with Crippen LogP contribution in [0.3, 0.4) is 0 Å². The molecule has 1 unspecified atom stereocenters. The Morgan fingerprint density at radius 1 is 1.08 bits per heavy atom. The van der Waals surface area contributed by atoms with E-state index < -0.39 is 5.97 Å². The van der Waals surface area contributed by atoms with E-state index in [-0.39, 0.29) is 18.5 Å². The van der Waals surface area contributed by atoms with Gasteiger partial charge in [-0.25, -0.2) is 9.78 Å². The highest BCUT2D eigenvalue weighted by atomic mass is 16.6. The van der Waals surface area contributed by atoms with E-state index in [1.807, 2.05) is 73.0 Å². The fraction of sp³-hybridized carbons (Fsp3) is 0.214. The normalized spacial score (nSPS) is 14.8. The van der Waals surface area contributed by atoms with Crippen LogP contribution in [0.1, 0.15) is 27.4 Å². The summed E-state index contributed by atoms with van der Waals surface area (Å²) < 4.78 is 19.1. The third-order valence-electron chi connectivity index (χ3n) is 6.03. The van der Waals surface area contributed by atoms with Crippen molar-refractivity contribution in [1.29, 1.82) is 0 Å². The van der Waals surface area contributed by atoms with Crippen molar-refractivity contribution in [3.63, 3.8) is 0 Å². The van der Waals surface area contributed by atoms with E-state index in [4.69, 9.17) is 14.2 Å². The van der Waals surface area contributed by atoms with Gasteiger partial charge in [0.25, 0.3) is 0 Å². The van der Waals surface area contributed by atoms with E-state index in [0.29, 0.717) is 30.2 Å². The van der Waals surface area contributed by atoms with Gasteiger partial charge in [0.1, 0.15) is 6.61 Å². The number of ether oxygens (including phenoxy) is 3. The van der Waals surface area contributed by atoms with Crippen LogP contribution in [0.5, 0.6) is 11.5 Å². The molecule has 0 saturated carbocycles. The molecule has 0 bridgehead atoms. The molecule has 8 heteroatoms. The molecule has 3 heterocycles. The number of esters is 1. The molecule has 182 valence electrons. The van der Waals surface area contributed by atoms with Crippen LogP contribution in [-0.4, -0.2) is 45.6 Å². The van der Waals surface area contributed by atoms with Gasteiger partial charge in [0.2, 0.25) is 5.78 Å². The lowest BCUT2D eigenvalue weighted by Gasteiger charge is -2.27. The Morgan fingerprint density at radius 2 is 1.83 bits per heavy atom. The summed E-state index contributed by atoms with van der Waals surface area (Å²) in [4.78, 5) is 33.7. The first-order chi connectivity index (χ1) is 17.5. The molecule has 0 radical (unpaired) electrons. The number of para-hydroxylation sites is 4. The van der Waals surface area contributed by atoms with Gasteiger partial charge in [-0.2, -0.15) is 0 Å². The van der Waals surface area contributed by atoms with Crippen molar-refractivity contribution in [2.24, 2.45) is 0 Å². The van der Waals surface area contributed by atoms with Crippen LogP contribution in [0.25, 0.3) is 17.1 Å². The smallest absolute Gasteiger partial charge is 0.331 e. The first-order valence-electron chi connectivity index (χ1n) is 11.6. The molecule has 1 atom stereocenters. The summed E-state index contributed by atoms with van der Waals surface area (Å²) in [5.41, 5.74) is 4.25. The minimum atomic E-state index is -0.626. The van der Waals surface area contributed by atoms with Crippen LogP contribution in [0.15, 0.2) is 66.9 Å². The maximum absolute atomic E-state index is 12.8. The fourth-order valence-corrected chi connectivity index (χ4v) is 4.19. The third-order valence-corrected chi connectivity index (χ3v) is 6.03.